The van der Waals surface area contributed by atoms with Crippen LogP contribution in [0.15, 0.2) is 22.9 Å². The minimum Gasteiger partial charge on any atom is -0.383 e. The van der Waals surface area contributed by atoms with E-state index < -0.39 is 0 Å². The number of nitrogens with one attached hydrogen (secondary N) is 2. The Labute approximate surface area is 113 Å². The molecule has 1 rings (SSSR count). The van der Waals surface area contributed by atoms with Crippen molar-refractivity contribution in [2.75, 3.05) is 26.8 Å². The van der Waals surface area contributed by atoms with Crippen molar-refractivity contribution in [2.24, 2.45) is 0 Å². The zero-order valence-corrected chi connectivity index (χ0v) is 11.5. The van der Waals surface area contributed by atoms with Gasteiger partial charge in [0.05, 0.1) is 18.7 Å². The zero-order chi connectivity index (χ0) is 13.4. The highest BCUT2D eigenvalue weighted by atomic mass is 79.9. The van der Waals surface area contributed by atoms with Crippen LogP contribution in [0.2, 0.25) is 0 Å². The van der Waals surface area contributed by atoms with E-state index >= 15 is 0 Å². The molecule has 98 valence electrons. The molecule has 2 amide bonds. The van der Waals surface area contributed by atoms with Gasteiger partial charge < -0.3 is 15.4 Å². The Hall–Kier alpha value is -1.47. The highest BCUT2D eigenvalue weighted by molar-refractivity contribution is 9.10. The minimum absolute atomic E-state index is 0.0743. The van der Waals surface area contributed by atoms with Crippen molar-refractivity contribution >= 4 is 27.7 Å². The SMILES string of the molecule is COCCNC(=O)CNC(=O)c1cncc(Br)c1. The van der Waals surface area contributed by atoms with Gasteiger partial charge in [-0.05, 0) is 22.0 Å². The molecule has 0 fully saturated rings. The first-order valence-electron chi connectivity index (χ1n) is 5.28. The molecule has 6 nitrogen and oxygen atoms in total. The third kappa shape index (κ3) is 5.24. The zero-order valence-electron chi connectivity index (χ0n) is 9.90. The average molecular weight is 316 g/mol. The maximum Gasteiger partial charge on any atom is 0.253 e. The minimum atomic E-state index is -0.342. The van der Waals surface area contributed by atoms with Crippen LogP contribution in [-0.4, -0.2) is 43.6 Å². The number of methoxy groups -OCH3 is 1. The molecular formula is C11H14BrN3O3. The predicted molar refractivity (Wildman–Crippen MR) is 69.2 cm³/mol. The van der Waals surface area contributed by atoms with Gasteiger partial charge in [0.25, 0.3) is 5.91 Å². The lowest BCUT2D eigenvalue weighted by Crippen LogP contribution is -2.38. The van der Waals surface area contributed by atoms with Crippen molar-refractivity contribution in [1.82, 2.24) is 15.6 Å². The number of carbonyl (C=O) groups excluding carboxylic acids is 2. The molecule has 1 heterocycles. The summed E-state index contributed by atoms with van der Waals surface area (Å²) in [6, 6.07) is 1.63. The van der Waals surface area contributed by atoms with E-state index in [-0.39, 0.29) is 18.4 Å². The fourth-order valence-corrected chi connectivity index (χ4v) is 1.52. The normalized spacial score (nSPS) is 9.89. The molecule has 0 aliphatic heterocycles. The second-order valence-corrected chi connectivity index (χ2v) is 4.33. The van der Waals surface area contributed by atoms with Crippen LogP contribution in [0.4, 0.5) is 0 Å². The van der Waals surface area contributed by atoms with Crippen molar-refractivity contribution in [3.05, 3.63) is 28.5 Å². The van der Waals surface area contributed by atoms with E-state index in [2.05, 4.69) is 31.5 Å². The van der Waals surface area contributed by atoms with Crippen LogP contribution < -0.4 is 10.6 Å². The van der Waals surface area contributed by atoms with Crippen molar-refractivity contribution in [3.63, 3.8) is 0 Å². The van der Waals surface area contributed by atoms with Gasteiger partial charge in [0, 0.05) is 30.5 Å². The summed E-state index contributed by atoms with van der Waals surface area (Å²) in [6.07, 6.45) is 3.01. The molecule has 2 N–H and O–H groups in total. The van der Waals surface area contributed by atoms with E-state index in [1.807, 2.05) is 0 Å². The number of hydrogen-bond donors (Lipinski definition) is 2. The molecule has 0 spiro atoms. The van der Waals surface area contributed by atoms with Crippen molar-refractivity contribution in [3.8, 4) is 0 Å². The number of hydrogen-bond acceptors (Lipinski definition) is 4. The summed E-state index contributed by atoms with van der Waals surface area (Å²) in [6.45, 7) is 0.786. The van der Waals surface area contributed by atoms with Gasteiger partial charge in [0.2, 0.25) is 5.91 Å². The summed E-state index contributed by atoms with van der Waals surface area (Å²) >= 11 is 3.22. The van der Waals surface area contributed by atoms with Crippen LogP contribution in [0.1, 0.15) is 10.4 Å². The first-order valence-corrected chi connectivity index (χ1v) is 6.07. The second-order valence-electron chi connectivity index (χ2n) is 3.42. The molecule has 18 heavy (non-hydrogen) atoms. The summed E-state index contributed by atoms with van der Waals surface area (Å²) < 4.78 is 5.49. The molecule has 0 bridgehead atoms. The molecule has 1 aromatic heterocycles. The van der Waals surface area contributed by atoms with Gasteiger partial charge in [0.15, 0.2) is 0 Å². The number of aromatic nitrogens is 1. The van der Waals surface area contributed by atoms with Gasteiger partial charge in [-0.15, -0.1) is 0 Å². The third-order valence-corrected chi connectivity index (χ3v) is 2.44. The number of amides is 2. The number of halogens is 1. The molecule has 0 aromatic carbocycles. The molecule has 0 saturated heterocycles. The smallest absolute Gasteiger partial charge is 0.253 e. The standard InChI is InChI=1S/C11H14BrN3O3/c1-18-3-2-14-10(16)7-15-11(17)8-4-9(12)6-13-5-8/h4-6H,2-3,7H2,1H3,(H,14,16)(H,15,17). The number of nitrogens with zero attached hydrogens (tertiary/aromatic N) is 1. The lowest BCUT2D eigenvalue weighted by Gasteiger charge is -2.06. The number of pyridine rings is 1. The van der Waals surface area contributed by atoms with Gasteiger partial charge in [-0.25, -0.2) is 0 Å². The Morgan fingerprint density at radius 2 is 2.17 bits per heavy atom. The molecule has 1 aromatic rings. The van der Waals surface area contributed by atoms with E-state index in [9.17, 15) is 9.59 Å². The van der Waals surface area contributed by atoms with Crippen molar-refractivity contribution in [2.45, 2.75) is 0 Å². The maximum absolute atomic E-state index is 11.7. The Balaban J connectivity index is 2.35. The largest absolute Gasteiger partial charge is 0.383 e. The second kappa shape index (κ2) is 7.78. The van der Waals surface area contributed by atoms with E-state index in [0.29, 0.717) is 23.2 Å². The molecule has 0 saturated carbocycles. The van der Waals surface area contributed by atoms with Gasteiger partial charge in [-0.3, -0.25) is 14.6 Å². The molecule has 0 aliphatic carbocycles. The Kier molecular flexibility index (Phi) is 6.31. The highest BCUT2D eigenvalue weighted by Gasteiger charge is 2.08. The van der Waals surface area contributed by atoms with Gasteiger partial charge in [-0.1, -0.05) is 0 Å². The number of rotatable bonds is 6. The Morgan fingerprint density at radius 3 is 2.83 bits per heavy atom. The van der Waals surface area contributed by atoms with Crippen molar-refractivity contribution in [1.29, 1.82) is 0 Å². The monoisotopic (exact) mass is 315 g/mol. The van der Waals surface area contributed by atoms with Crippen LogP contribution in [0, 0.1) is 0 Å². The topological polar surface area (TPSA) is 80.3 Å². The van der Waals surface area contributed by atoms with Gasteiger partial charge in [-0.2, -0.15) is 0 Å². The summed E-state index contributed by atoms with van der Waals surface area (Å²) in [7, 11) is 1.55. The lowest BCUT2D eigenvalue weighted by molar-refractivity contribution is -0.120. The van der Waals surface area contributed by atoms with Crippen molar-refractivity contribution < 1.29 is 14.3 Å². The first kappa shape index (κ1) is 14.6. The molecule has 0 atom stereocenters. The summed E-state index contributed by atoms with van der Waals surface area (Å²) in [5.41, 5.74) is 0.397. The van der Waals surface area contributed by atoms with Gasteiger partial charge >= 0.3 is 0 Å². The van der Waals surface area contributed by atoms with Crippen LogP contribution in [0.5, 0.6) is 0 Å². The third-order valence-electron chi connectivity index (χ3n) is 2.00. The van der Waals surface area contributed by atoms with E-state index in [1.165, 1.54) is 6.20 Å². The van der Waals surface area contributed by atoms with Gasteiger partial charge in [0.1, 0.15) is 0 Å². The highest BCUT2D eigenvalue weighted by Crippen LogP contribution is 2.08. The maximum atomic E-state index is 11.7. The average Bonchev–Trinajstić information content (AvgIpc) is 2.36. The van der Waals surface area contributed by atoms with Crippen LogP contribution in [0.3, 0.4) is 0 Å². The molecule has 0 aliphatic rings. The molecular weight excluding hydrogens is 302 g/mol. The quantitative estimate of drug-likeness (QED) is 0.742. The van der Waals surface area contributed by atoms with Crippen LogP contribution in [0.25, 0.3) is 0 Å². The Morgan fingerprint density at radius 1 is 1.39 bits per heavy atom. The summed E-state index contributed by atoms with van der Waals surface area (Å²) in [4.78, 5) is 26.8. The number of ether oxygens (including phenoxy) is 1. The summed E-state index contributed by atoms with van der Waals surface area (Å²) in [5, 5.41) is 5.10. The predicted octanol–water partition coefficient (Wildman–Crippen LogP) is 0.337. The van der Waals surface area contributed by atoms with E-state index in [4.69, 9.17) is 4.74 Å². The van der Waals surface area contributed by atoms with E-state index in [1.54, 1.807) is 19.4 Å². The first-order chi connectivity index (χ1) is 8.63. The molecule has 0 unspecified atom stereocenters. The molecule has 7 heteroatoms. The fourth-order valence-electron chi connectivity index (χ4n) is 1.15. The van der Waals surface area contributed by atoms with Crippen LogP contribution >= 0.6 is 15.9 Å². The number of carbonyl (C=O) groups is 2. The Bertz CT molecular complexity index is 426. The fraction of sp³-hybridized carbons (Fsp3) is 0.364. The van der Waals surface area contributed by atoms with E-state index in [0.717, 1.165) is 0 Å². The lowest BCUT2D eigenvalue weighted by atomic mass is 10.3. The molecule has 0 radical (unpaired) electrons. The van der Waals surface area contributed by atoms with Crippen LogP contribution in [-0.2, 0) is 9.53 Å². The summed E-state index contributed by atoms with van der Waals surface area (Å²) in [5.74, 6) is -0.603.